The number of methoxy groups -OCH3 is 1. The molecule has 5 nitrogen and oxygen atoms in total. The summed E-state index contributed by atoms with van der Waals surface area (Å²) in [6.07, 6.45) is 1.76. The first kappa shape index (κ1) is 12.9. The predicted molar refractivity (Wildman–Crippen MR) is 67.4 cm³/mol. The van der Waals surface area contributed by atoms with E-state index in [2.05, 4.69) is 15.5 Å². The van der Waals surface area contributed by atoms with Crippen LogP contribution in [0.5, 0.6) is 0 Å². The van der Waals surface area contributed by atoms with Crippen molar-refractivity contribution in [1.82, 2.24) is 15.5 Å². The Morgan fingerprint density at radius 2 is 2.41 bits per heavy atom. The number of aryl methyl sites for hydroxylation is 1. The maximum Gasteiger partial charge on any atom is 0.232 e. The Labute approximate surface area is 106 Å². The minimum Gasteiger partial charge on any atom is -0.385 e. The minimum absolute atomic E-state index is 0.355. The molecule has 1 aromatic rings. The third kappa shape index (κ3) is 3.20. The van der Waals surface area contributed by atoms with Crippen molar-refractivity contribution < 1.29 is 9.26 Å². The second-order valence-corrected chi connectivity index (χ2v) is 5.26. The van der Waals surface area contributed by atoms with Crippen molar-refractivity contribution in [2.75, 3.05) is 32.3 Å². The highest BCUT2D eigenvalue weighted by Crippen LogP contribution is 2.31. The molecule has 2 unspecified atom stereocenters. The Morgan fingerprint density at radius 1 is 1.53 bits per heavy atom. The maximum absolute atomic E-state index is 5.36. The molecule has 96 valence electrons. The van der Waals surface area contributed by atoms with Gasteiger partial charge in [0, 0.05) is 37.7 Å². The lowest BCUT2D eigenvalue weighted by Crippen LogP contribution is -2.31. The molecule has 2 rings (SSSR count). The van der Waals surface area contributed by atoms with Gasteiger partial charge in [-0.15, -0.1) is 0 Å². The number of hydrogen-bond acceptors (Lipinski definition) is 6. The van der Waals surface area contributed by atoms with Crippen LogP contribution in [0, 0.1) is 0 Å². The lowest BCUT2D eigenvalue weighted by molar-refractivity contribution is 0.194. The van der Waals surface area contributed by atoms with Gasteiger partial charge in [0.05, 0.1) is 5.92 Å². The van der Waals surface area contributed by atoms with Gasteiger partial charge in [-0.25, -0.2) is 0 Å². The monoisotopic (exact) mass is 257 g/mol. The molecule has 1 aliphatic rings. The summed E-state index contributed by atoms with van der Waals surface area (Å²) in [5.41, 5.74) is 0. The molecule has 2 heterocycles. The summed E-state index contributed by atoms with van der Waals surface area (Å²) >= 11 is 1.93. The van der Waals surface area contributed by atoms with Crippen LogP contribution in [0.3, 0.4) is 0 Å². The Balaban J connectivity index is 1.93. The highest BCUT2D eigenvalue weighted by atomic mass is 32.2. The first-order valence-electron chi connectivity index (χ1n) is 5.91. The third-order valence-electron chi connectivity index (χ3n) is 3.00. The van der Waals surface area contributed by atoms with Crippen molar-refractivity contribution in [3.63, 3.8) is 0 Å². The predicted octanol–water partition coefficient (Wildman–Crippen LogP) is 1.07. The standard InChI is InChI=1S/C11H19N3O2S/c1-12-9-7-17-6-8(9)11-13-10(14-16-11)4-3-5-15-2/h8-9,12H,3-7H2,1-2H3. The quantitative estimate of drug-likeness (QED) is 0.769. The maximum atomic E-state index is 5.36. The molecule has 1 aliphatic heterocycles. The molecule has 0 amide bonds. The Hall–Kier alpha value is -0.590. The third-order valence-corrected chi connectivity index (χ3v) is 4.19. The van der Waals surface area contributed by atoms with E-state index in [1.165, 1.54) is 0 Å². The van der Waals surface area contributed by atoms with Crippen molar-refractivity contribution in [1.29, 1.82) is 0 Å². The molecule has 6 heteroatoms. The van der Waals surface area contributed by atoms with E-state index in [1.807, 2.05) is 18.8 Å². The lowest BCUT2D eigenvalue weighted by atomic mass is 10.0. The van der Waals surface area contributed by atoms with Crippen LogP contribution < -0.4 is 5.32 Å². The van der Waals surface area contributed by atoms with E-state index < -0.39 is 0 Å². The topological polar surface area (TPSA) is 60.2 Å². The molecule has 0 radical (unpaired) electrons. The van der Waals surface area contributed by atoms with Crippen LogP contribution in [-0.4, -0.2) is 48.5 Å². The second-order valence-electron chi connectivity index (χ2n) is 4.18. The van der Waals surface area contributed by atoms with Gasteiger partial charge in [-0.2, -0.15) is 16.7 Å². The smallest absolute Gasteiger partial charge is 0.232 e. The fourth-order valence-electron chi connectivity index (χ4n) is 1.98. The van der Waals surface area contributed by atoms with Crippen LogP contribution in [0.1, 0.15) is 24.1 Å². The van der Waals surface area contributed by atoms with Gasteiger partial charge in [0.15, 0.2) is 5.82 Å². The molecular weight excluding hydrogens is 238 g/mol. The molecular formula is C11H19N3O2S. The zero-order chi connectivity index (χ0) is 12.1. The molecule has 1 N–H and O–H groups in total. The van der Waals surface area contributed by atoms with E-state index in [4.69, 9.17) is 9.26 Å². The average molecular weight is 257 g/mol. The lowest BCUT2D eigenvalue weighted by Gasteiger charge is -2.13. The number of nitrogens with one attached hydrogen (secondary N) is 1. The van der Waals surface area contributed by atoms with Crippen LogP contribution in [0.25, 0.3) is 0 Å². The summed E-state index contributed by atoms with van der Waals surface area (Å²) in [5, 5.41) is 7.33. The van der Waals surface area contributed by atoms with Gasteiger partial charge in [-0.3, -0.25) is 0 Å². The summed E-state index contributed by atoms with van der Waals surface area (Å²) in [7, 11) is 3.69. The van der Waals surface area contributed by atoms with Gasteiger partial charge < -0.3 is 14.6 Å². The summed E-state index contributed by atoms with van der Waals surface area (Å²) in [6, 6.07) is 0.451. The van der Waals surface area contributed by atoms with Crippen molar-refractivity contribution in [2.24, 2.45) is 0 Å². The average Bonchev–Trinajstić information content (AvgIpc) is 2.96. The normalized spacial score (nSPS) is 24.4. The molecule has 0 aliphatic carbocycles. The number of likely N-dealkylation sites (N-methyl/N-ethyl adjacent to an activating group) is 1. The van der Waals surface area contributed by atoms with E-state index in [9.17, 15) is 0 Å². The van der Waals surface area contributed by atoms with Gasteiger partial charge in [0.1, 0.15) is 0 Å². The SMILES string of the molecule is CNC1CSCC1c1nc(CCCOC)no1. The first-order chi connectivity index (χ1) is 8.35. The second kappa shape index (κ2) is 6.37. The molecule has 17 heavy (non-hydrogen) atoms. The van der Waals surface area contributed by atoms with Crippen LogP contribution >= 0.6 is 11.8 Å². The fourth-order valence-corrected chi connectivity index (χ4v) is 3.39. The number of nitrogens with zero attached hydrogens (tertiary/aromatic N) is 2. The van der Waals surface area contributed by atoms with E-state index >= 15 is 0 Å². The molecule has 1 aromatic heterocycles. The molecule has 0 spiro atoms. The summed E-state index contributed by atoms with van der Waals surface area (Å²) in [6.45, 7) is 0.738. The van der Waals surface area contributed by atoms with Gasteiger partial charge in [0.25, 0.3) is 0 Å². The zero-order valence-electron chi connectivity index (χ0n) is 10.3. The van der Waals surface area contributed by atoms with E-state index in [0.29, 0.717) is 12.0 Å². The summed E-state index contributed by atoms with van der Waals surface area (Å²) < 4.78 is 10.4. The van der Waals surface area contributed by atoms with Crippen LogP contribution in [-0.2, 0) is 11.2 Å². The van der Waals surface area contributed by atoms with E-state index in [-0.39, 0.29) is 0 Å². The van der Waals surface area contributed by atoms with Gasteiger partial charge in [-0.1, -0.05) is 5.16 Å². The number of hydrogen-bond donors (Lipinski definition) is 1. The Kier molecular flexibility index (Phi) is 4.82. The molecule has 2 atom stereocenters. The van der Waals surface area contributed by atoms with Gasteiger partial charge >= 0.3 is 0 Å². The van der Waals surface area contributed by atoms with Crippen LogP contribution in [0.15, 0.2) is 4.52 Å². The minimum atomic E-state index is 0.355. The van der Waals surface area contributed by atoms with Crippen molar-refractivity contribution in [3.05, 3.63) is 11.7 Å². The van der Waals surface area contributed by atoms with Crippen molar-refractivity contribution >= 4 is 11.8 Å². The molecule has 1 fully saturated rings. The van der Waals surface area contributed by atoms with Gasteiger partial charge in [-0.05, 0) is 13.5 Å². The van der Waals surface area contributed by atoms with E-state index in [0.717, 1.165) is 42.7 Å². The largest absolute Gasteiger partial charge is 0.385 e. The number of rotatable bonds is 6. The fraction of sp³-hybridized carbons (Fsp3) is 0.818. The Morgan fingerprint density at radius 3 is 3.18 bits per heavy atom. The highest BCUT2D eigenvalue weighted by molar-refractivity contribution is 7.99. The summed E-state index contributed by atoms with van der Waals surface area (Å²) in [5.74, 6) is 4.10. The molecule has 0 saturated carbocycles. The van der Waals surface area contributed by atoms with Crippen LogP contribution in [0.2, 0.25) is 0 Å². The highest BCUT2D eigenvalue weighted by Gasteiger charge is 2.32. The van der Waals surface area contributed by atoms with Crippen molar-refractivity contribution in [3.8, 4) is 0 Å². The van der Waals surface area contributed by atoms with E-state index in [1.54, 1.807) is 7.11 Å². The molecule has 1 saturated heterocycles. The number of aromatic nitrogens is 2. The summed E-state index contributed by atoms with van der Waals surface area (Å²) in [4.78, 5) is 4.48. The Bertz CT molecular complexity index is 345. The van der Waals surface area contributed by atoms with Crippen molar-refractivity contribution in [2.45, 2.75) is 24.8 Å². The number of ether oxygens (including phenoxy) is 1. The zero-order valence-corrected chi connectivity index (χ0v) is 11.1. The number of thioether (sulfide) groups is 1. The first-order valence-corrected chi connectivity index (χ1v) is 7.07. The molecule has 0 aromatic carbocycles. The van der Waals surface area contributed by atoms with Gasteiger partial charge in [0.2, 0.25) is 5.89 Å². The van der Waals surface area contributed by atoms with Crippen LogP contribution in [0.4, 0.5) is 0 Å². The molecule has 0 bridgehead atoms.